The molecule has 0 radical (unpaired) electrons. The molecule has 1 amide bonds. The predicted molar refractivity (Wildman–Crippen MR) is 58.8 cm³/mol. The first-order valence-corrected chi connectivity index (χ1v) is 5.57. The molecule has 15 heavy (non-hydrogen) atoms. The van der Waals surface area contributed by atoms with E-state index in [0.717, 1.165) is 37.2 Å². The summed E-state index contributed by atoms with van der Waals surface area (Å²) in [5, 5.41) is 7.36. The summed E-state index contributed by atoms with van der Waals surface area (Å²) in [6.45, 7) is 2.01. The molecule has 1 aliphatic rings. The number of nitrogens with one attached hydrogen (secondary N) is 1. The Kier molecular flexibility index (Phi) is 2.75. The Morgan fingerprint density at radius 3 is 3.07 bits per heavy atom. The van der Waals surface area contributed by atoms with Gasteiger partial charge in [0.05, 0.1) is 5.69 Å². The Hall–Kier alpha value is -1.32. The largest absolute Gasteiger partial charge is 0.311 e. The van der Waals surface area contributed by atoms with E-state index in [2.05, 4.69) is 10.4 Å². The number of aryl methyl sites for hydroxylation is 2. The quantitative estimate of drug-likeness (QED) is 0.819. The van der Waals surface area contributed by atoms with E-state index in [-0.39, 0.29) is 5.91 Å². The number of carbonyl (C=O) groups is 1. The molecule has 1 aromatic heterocycles. The van der Waals surface area contributed by atoms with Crippen LogP contribution in [-0.2, 0) is 24.7 Å². The van der Waals surface area contributed by atoms with E-state index in [9.17, 15) is 4.79 Å². The fourth-order valence-corrected chi connectivity index (χ4v) is 2.10. The van der Waals surface area contributed by atoms with Crippen molar-refractivity contribution in [2.75, 3.05) is 5.32 Å². The molecule has 0 unspecified atom stereocenters. The summed E-state index contributed by atoms with van der Waals surface area (Å²) >= 11 is 0. The summed E-state index contributed by atoms with van der Waals surface area (Å²) < 4.78 is 1.79. The Morgan fingerprint density at radius 2 is 2.33 bits per heavy atom. The van der Waals surface area contributed by atoms with E-state index in [0.29, 0.717) is 6.42 Å². The topological polar surface area (TPSA) is 46.9 Å². The minimum absolute atomic E-state index is 0.0928. The average molecular weight is 207 g/mol. The van der Waals surface area contributed by atoms with Gasteiger partial charge >= 0.3 is 0 Å². The van der Waals surface area contributed by atoms with Crippen LogP contribution in [0, 0.1) is 0 Å². The Bertz CT molecular complexity index is 381. The molecule has 0 saturated heterocycles. The maximum atomic E-state index is 11.5. The zero-order valence-electron chi connectivity index (χ0n) is 9.34. The van der Waals surface area contributed by atoms with Gasteiger partial charge in [0.15, 0.2) is 0 Å². The van der Waals surface area contributed by atoms with Gasteiger partial charge in [-0.1, -0.05) is 6.92 Å². The molecule has 1 aliphatic carbocycles. The summed E-state index contributed by atoms with van der Waals surface area (Å²) in [5.74, 6) is 0.996. The van der Waals surface area contributed by atoms with Crippen LogP contribution in [0.3, 0.4) is 0 Å². The van der Waals surface area contributed by atoms with Crippen molar-refractivity contribution in [1.29, 1.82) is 0 Å². The number of fused-ring (bicyclic) bond motifs is 1. The van der Waals surface area contributed by atoms with Crippen LogP contribution in [-0.4, -0.2) is 15.7 Å². The van der Waals surface area contributed by atoms with Crippen molar-refractivity contribution in [3.05, 3.63) is 11.3 Å². The highest BCUT2D eigenvalue weighted by atomic mass is 16.1. The third-order valence-corrected chi connectivity index (χ3v) is 2.80. The zero-order chi connectivity index (χ0) is 10.8. The zero-order valence-corrected chi connectivity index (χ0v) is 9.34. The molecular weight excluding hydrogens is 190 g/mol. The number of hydrogen-bond donors (Lipinski definition) is 1. The molecule has 0 bridgehead atoms. The van der Waals surface area contributed by atoms with E-state index >= 15 is 0 Å². The molecular formula is C11H17N3O. The van der Waals surface area contributed by atoms with Gasteiger partial charge < -0.3 is 5.32 Å². The first kappa shape index (κ1) is 10.2. The normalized spacial score (nSPS) is 14.0. The van der Waals surface area contributed by atoms with E-state index in [1.54, 1.807) is 4.68 Å². The molecule has 0 atom stereocenters. The Morgan fingerprint density at radius 1 is 1.53 bits per heavy atom. The number of carbonyl (C=O) groups excluding carboxylic acids is 1. The van der Waals surface area contributed by atoms with Gasteiger partial charge in [0.2, 0.25) is 5.91 Å². The second-order valence-corrected chi connectivity index (χ2v) is 4.05. The molecule has 1 heterocycles. The monoisotopic (exact) mass is 207 g/mol. The van der Waals surface area contributed by atoms with E-state index in [1.165, 1.54) is 5.56 Å². The minimum atomic E-state index is 0.0928. The van der Waals surface area contributed by atoms with Crippen LogP contribution in [0.25, 0.3) is 0 Å². The summed E-state index contributed by atoms with van der Waals surface area (Å²) in [5.41, 5.74) is 2.39. The summed E-state index contributed by atoms with van der Waals surface area (Å²) in [6, 6.07) is 0. The van der Waals surface area contributed by atoms with E-state index in [1.807, 2.05) is 14.0 Å². The highest BCUT2D eigenvalue weighted by Gasteiger charge is 2.21. The summed E-state index contributed by atoms with van der Waals surface area (Å²) in [7, 11) is 1.89. The lowest BCUT2D eigenvalue weighted by molar-refractivity contribution is -0.116. The van der Waals surface area contributed by atoms with Crippen molar-refractivity contribution in [3.63, 3.8) is 0 Å². The van der Waals surface area contributed by atoms with Crippen molar-refractivity contribution in [3.8, 4) is 0 Å². The van der Waals surface area contributed by atoms with Crippen LogP contribution in [0.15, 0.2) is 0 Å². The summed E-state index contributed by atoms with van der Waals surface area (Å²) in [6.07, 6.45) is 4.72. The second kappa shape index (κ2) is 4.04. The minimum Gasteiger partial charge on any atom is -0.311 e. The average Bonchev–Trinajstić information content (AvgIpc) is 2.71. The lowest BCUT2D eigenvalue weighted by Crippen LogP contribution is -2.14. The van der Waals surface area contributed by atoms with E-state index < -0.39 is 0 Å². The van der Waals surface area contributed by atoms with Crippen molar-refractivity contribution >= 4 is 11.7 Å². The first-order chi connectivity index (χ1) is 7.22. The van der Waals surface area contributed by atoms with Gasteiger partial charge in [0.25, 0.3) is 0 Å². The number of aromatic nitrogens is 2. The van der Waals surface area contributed by atoms with Crippen molar-refractivity contribution in [1.82, 2.24) is 9.78 Å². The van der Waals surface area contributed by atoms with Crippen molar-refractivity contribution in [2.45, 2.75) is 39.0 Å². The van der Waals surface area contributed by atoms with Gasteiger partial charge in [-0.25, -0.2) is 0 Å². The van der Waals surface area contributed by atoms with Gasteiger partial charge in [-0.05, 0) is 25.7 Å². The van der Waals surface area contributed by atoms with Gasteiger partial charge in [-0.15, -0.1) is 0 Å². The number of rotatable bonds is 3. The molecule has 0 spiro atoms. The number of hydrogen-bond acceptors (Lipinski definition) is 2. The SMILES string of the molecule is CCCC(=O)Nc1c2c(nn1C)CCC2. The second-order valence-electron chi connectivity index (χ2n) is 4.05. The van der Waals surface area contributed by atoms with Crippen LogP contribution in [0.1, 0.15) is 37.4 Å². The van der Waals surface area contributed by atoms with Crippen LogP contribution in [0.5, 0.6) is 0 Å². The third-order valence-electron chi connectivity index (χ3n) is 2.80. The molecule has 1 aromatic rings. The molecule has 4 heteroatoms. The molecule has 1 N–H and O–H groups in total. The van der Waals surface area contributed by atoms with Gasteiger partial charge in [-0.2, -0.15) is 5.10 Å². The molecule has 0 saturated carbocycles. The maximum Gasteiger partial charge on any atom is 0.225 e. The fraction of sp³-hybridized carbons (Fsp3) is 0.636. The predicted octanol–water partition coefficient (Wildman–Crippen LogP) is 1.65. The molecule has 82 valence electrons. The molecule has 0 aromatic carbocycles. The van der Waals surface area contributed by atoms with Gasteiger partial charge in [0, 0.05) is 19.0 Å². The highest BCUT2D eigenvalue weighted by molar-refractivity contribution is 5.90. The first-order valence-electron chi connectivity index (χ1n) is 5.57. The van der Waals surface area contributed by atoms with Crippen LogP contribution >= 0.6 is 0 Å². The lowest BCUT2D eigenvalue weighted by Gasteiger charge is -2.06. The Balaban J connectivity index is 2.17. The number of nitrogens with zero attached hydrogens (tertiary/aromatic N) is 2. The van der Waals surface area contributed by atoms with Crippen molar-refractivity contribution < 1.29 is 4.79 Å². The molecule has 4 nitrogen and oxygen atoms in total. The smallest absolute Gasteiger partial charge is 0.225 e. The number of anilines is 1. The van der Waals surface area contributed by atoms with E-state index in [4.69, 9.17) is 0 Å². The highest BCUT2D eigenvalue weighted by Crippen LogP contribution is 2.27. The molecule has 0 aliphatic heterocycles. The maximum absolute atomic E-state index is 11.5. The third kappa shape index (κ3) is 1.89. The molecule has 0 fully saturated rings. The lowest BCUT2D eigenvalue weighted by atomic mass is 10.2. The summed E-state index contributed by atoms with van der Waals surface area (Å²) in [4.78, 5) is 11.5. The Labute approximate surface area is 89.7 Å². The standard InChI is InChI=1S/C11H17N3O/c1-3-5-10(15)12-11-8-6-4-7-9(8)13-14(11)2/h3-7H2,1-2H3,(H,12,15). The van der Waals surface area contributed by atoms with Gasteiger partial charge in [-0.3, -0.25) is 9.48 Å². The van der Waals surface area contributed by atoms with Crippen LogP contribution < -0.4 is 5.32 Å². The van der Waals surface area contributed by atoms with Gasteiger partial charge in [0.1, 0.15) is 5.82 Å². The van der Waals surface area contributed by atoms with Crippen LogP contribution in [0.2, 0.25) is 0 Å². The van der Waals surface area contributed by atoms with Crippen LogP contribution in [0.4, 0.5) is 5.82 Å². The fourth-order valence-electron chi connectivity index (χ4n) is 2.10. The van der Waals surface area contributed by atoms with Crippen molar-refractivity contribution in [2.24, 2.45) is 7.05 Å². The number of amides is 1. The molecule has 2 rings (SSSR count).